The van der Waals surface area contributed by atoms with E-state index in [1.54, 1.807) is 7.11 Å². The lowest BCUT2D eigenvalue weighted by atomic mass is 10.1. The molecule has 0 aliphatic rings. The number of benzene rings is 1. The van der Waals surface area contributed by atoms with E-state index in [1.807, 2.05) is 25.1 Å². The van der Waals surface area contributed by atoms with E-state index in [-0.39, 0.29) is 5.97 Å². The highest BCUT2D eigenvalue weighted by Gasteiger charge is 2.04. The Labute approximate surface area is 161 Å². The molecule has 0 unspecified atom stereocenters. The van der Waals surface area contributed by atoms with Crippen molar-refractivity contribution in [2.24, 2.45) is 4.99 Å². The topological polar surface area (TPSA) is 72.0 Å². The van der Waals surface area contributed by atoms with Crippen molar-refractivity contribution in [3.05, 3.63) is 28.8 Å². The van der Waals surface area contributed by atoms with Gasteiger partial charge in [0.05, 0.1) is 14.2 Å². The van der Waals surface area contributed by atoms with Crippen LogP contribution in [-0.4, -0.2) is 45.8 Å². The second kappa shape index (κ2) is 13.3. The van der Waals surface area contributed by atoms with Crippen LogP contribution in [0.2, 0.25) is 5.02 Å². The molecular formula is C19H30ClN3O3. The number of unbranched alkanes of at least 4 members (excludes halogenated alkanes) is 2. The van der Waals surface area contributed by atoms with E-state index in [9.17, 15) is 4.79 Å². The van der Waals surface area contributed by atoms with E-state index in [1.165, 1.54) is 7.11 Å². The van der Waals surface area contributed by atoms with Crippen molar-refractivity contribution < 1.29 is 14.3 Å². The number of ether oxygens (including phenoxy) is 2. The van der Waals surface area contributed by atoms with Crippen LogP contribution in [0.15, 0.2) is 23.2 Å². The minimum absolute atomic E-state index is 0.152. The maximum atomic E-state index is 11.0. The number of esters is 1. The number of carbonyl (C=O) groups excluding carboxylic acids is 1. The van der Waals surface area contributed by atoms with Crippen LogP contribution in [-0.2, 0) is 16.0 Å². The van der Waals surface area contributed by atoms with Crippen molar-refractivity contribution in [3.63, 3.8) is 0 Å². The third-order valence-corrected chi connectivity index (χ3v) is 4.18. The minimum atomic E-state index is -0.152. The summed E-state index contributed by atoms with van der Waals surface area (Å²) in [6, 6.07) is 5.72. The highest BCUT2D eigenvalue weighted by Crippen LogP contribution is 2.22. The quantitative estimate of drug-likeness (QED) is 0.266. The number of nitrogens with zero attached hydrogens (tertiary/aromatic N) is 1. The average molecular weight is 384 g/mol. The third kappa shape index (κ3) is 8.94. The SMILES string of the molecule is CCNC(=NCCCCCC(=O)OC)NCCc1ccc(OC)cc1Cl. The molecule has 0 atom stereocenters. The van der Waals surface area contributed by atoms with Gasteiger partial charge in [-0.15, -0.1) is 0 Å². The Bertz CT molecular complexity index is 579. The molecular weight excluding hydrogens is 354 g/mol. The van der Waals surface area contributed by atoms with Gasteiger partial charge in [-0.05, 0) is 43.9 Å². The van der Waals surface area contributed by atoms with Gasteiger partial charge in [-0.1, -0.05) is 24.1 Å². The second-order valence-electron chi connectivity index (χ2n) is 5.78. The molecule has 0 spiro atoms. The summed E-state index contributed by atoms with van der Waals surface area (Å²) in [7, 11) is 3.04. The molecule has 0 aromatic heterocycles. The fourth-order valence-corrected chi connectivity index (χ4v) is 2.63. The summed E-state index contributed by atoms with van der Waals surface area (Å²) in [6.45, 7) is 4.30. The van der Waals surface area contributed by atoms with Gasteiger partial charge in [0, 0.05) is 31.1 Å². The number of carbonyl (C=O) groups is 1. The molecule has 1 rings (SSSR count). The Morgan fingerprint density at radius 3 is 2.65 bits per heavy atom. The van der Waals surface area contributed by atoms with Gasteiger partial charge in [-0.3, -0.25) is 9.79 Å². The number of guanidine groups is 1. The van der Waals surface area contributed by atoms with Crippen molar-refractivity contribution in [2.45, 2.75) is 39.0 Å². The van der Waals surface area contributed by atoms with Gasteiger partial charge >= 0.3 is 5.97 Å². The van der Waals surface area contributed by atoms with Gasteiger partial charge in [-0.25, -0.2) is 0 Å². The van der Waals surface area contributed by atoms with E-state index in [0.717, 1.165) is 62.6 Å². The van der Waals surface area contributed by atoms with Crippen LogP contribution in [0, 0.1) is 0 Å². The van der Waals surface area contributed by atoms with Crippen LogP contribution in [0.4, 0.5) is 0 Å². The number of hydrogen-bond acceptors (Lipinski definition) is 4. The molecule has 0 aliphatic carbocycles. The zero-order chi connectivity index (χ0) is 19.2. The molecule has 0 aliphatic heterocycles. The van der Waals surface area contributed by atoms with Crippen LogP contribution in [0.25, 0.3) is 0 Å². The van der Waals surface area contributed by atoms with Crippen molar-refractivity contribution in [1.82, 2.24) is 10.6 Å². The maximum Gasteiger partial charge on any atom is 0.305 e. The van der Waals surface area contributed by atoms with Gasteiger partial charge in [0.15, 0.2) is 5.96 Å². The maximum absolute atomic E-state index is 11.0. The van der Waals surface area contributed by atoms with Gasteiger partial charge in [0.25, 0.3) is 0 Å². The van der Waals surface area contributed by atoms with Crippen molar-refractivity contribution in [1.29, 1.82) is 0 Å². The standard InChI is InChI=1S/C19H30ClN3O3/c1-4-21-19(22-12-7-5-6-8-18(24)26-3)23-13-11-15-9-10-16(25-2)14-17(15)20/h9-10,14H,4-8,11-13H2,1-3H3,(H2,21,22,23). The molecule has 0 heterocycles. The molecule has 146 valence electrons. The van der Waals surface area contributed by atoms with Crippen molar-refractivity contribution in [3.8, 4) is 5.75 Å². The minimum Gasteiger partial charge on any atom is -0.497 e. The summed E-state index contributed by atoms with van der Waals surface area (Å²) in [5.74, 6) is 1.40. The third-order valence-electron chi connectivity index (χ3n) is 3.83. The predicted octanol–water partition coefficient (Wildman–Crippen LogP) is 3.18. The van der Waals surface area contributed by atoms with E-state index >= 15 is 0 Å². The average Bonchev–Trinajstić information content (AvgIpc) is 2.65. The van der Waals surface area contributed by atoms with Crippen LogP contribution in [0.5, 0.6) is 5.75 Å². The largest absolute Gasteiger partial charge is 0.497 e. The number of rotatable bonds is 11. The Balaban J connectivity index is 2.34. The molecule has 6 nitrogen and oxygen atoms in total. The highest BCUT2D eigenvalue weighted by molar-refractivity contribution is 6.31. The summed E-state index contributed by atoms with van der Waals surface area (Å²) < 4.78 is 9.79. The molecule has 2 N–H and O–H groups in total. The predicted molar refractivity (Wildman–Crippen MR) is 106 cm³/mol. The summed E-state index contributed by atoms with van der Waals surface area (Å²) in [5.41, 5.74) is 1.07. The number of nitrogens with one attached hydrogen (secondary N) is 2. The lowest BCUT2D eigenvalue weighted by Gasteiger charge is -2.12. The lowest BCUT2D eigenvalue weighted by Crippen LogP contribution is -2.38. The first-order valence-electron chi connectivity index (χ1n) is 9.02. The number of aliphatic imine (C=N–C) groups is 1. The Hall–Kier alpha value is -1.95. The Morgan fingerprint density at radius 1 is 1.19 bits per heavy atom. The monoisotopic (exact) mass is 383 g/mol. The smallest absolute Gasteiger partial charge is 0.305 e. The zero-order valence-corrected chi connectivity index (χ0v) is 16.7. The zero-order valence-electron chi connectivity index (χ0n) is 15.9. The summed E-state index contributed by atoms with van der Waals surface area (Å²) in [4.78, 5) is 15.6. The summed E-state index contributed by atoms with van der Waals surface area (Å²) in [5, 5.41) is 7.26. The fraction of sp³-hybridized carbons (Fsp3) is 0.579. The molecule has 0 saturated carbocycles. The van der Waals surface area contributed by atoms with Gasteiger partial charge in [0.2, 0.25) is 0 Å². The van der Waals surface area contributed by atoms with Crippen LogP contribution >= 0.6 is 11.6 Å². The first-order valence-corrected chi connectivity index (χ1v) is 9.40. The van der Waals surface area contributed by atoms with Gasteiger partial charge in [-0.2, -0.15) is 0 Å². The van der Waals surface area contributed by atoms with Gasteiger partial charge < -0.3 is 20.1 Å². The van der Waals surface area contributed by atoms with E-state index in [0.29, 0.717) is 11.4 Å². The van der Waals surface area contributed by atoms with E-state index in [4.69, 9.17) is 16.3 Å². The molecule has 0 amide bonds. The van der Waals surface area contributed by atoms with Crippen LogP contribution < -0.4 is 15.4 Å². The number of methoxy groups -OCH3 is 2. The molecule has 7 heteroatoms. The molecule has 1 aromatic rings. The van der Waals surface area contributed by atoms with Crippen LogP contribution in [0.3, 0.4) is 0 Å². The normalized spacial score (nSPS) is 11.2. The first-order chi connectivity index (χ1) is 12.6. The van der Waals surface area contributed by atoms with Crippen molar-refractivity contribution in [2.75, 3.05) is 33.9 Å². The second-order valence-corrected chi connectivity index (χ2v) is 6.19. The Kier molecular flexibility index (Phi) is 11.3. The molecule has 0 bridgehead atoms. The fourth-order valence-electron chi connectivity index (χ4n) is 2.37. The lowest BCUT2D eigenvalue weighted by molar-refractivity contribution is -0.140. The highest BCUT2D eigenvalue weighted by atomic mass is 35.5. The first kappa shape index (κ1) is 22.1. The number of hydrogen-bond donors (Lipinski definition) is 2. The molecule has 26 heavy (non-hydrogen) atoms. The van der Waals surface area contributed by atoms with E-state index in [2.05, 4.69) is 20.4 Å². The Morgan fingerprint density at radius 2 is 2.00 bits per heavy atom. The molecule has 1 aromatic carbocycles. The summed E-state index contributed by atoms with van der Waals surface area (Å²) in [6.07, 6.45) is 4.01. The molecule has 0 radical (unpaired) electrons. The summed E-state index contributed by atoms with van der Waals surface area (Å²) >= 11 is 6.26. The molecule has 0 fully saturated rings. The van der Waals surface area contributed by atoms with Gasteiger partial charge in [0.1, 0.15) is 5.75 Å². The van der Waals surface area contributed by atoms with Crippen LogP contribution in [0.1, 0.15) is 38.2 Å². The van der Waals surface area contributed by atoms with E-state index < -0.39 is 0 Å². The number of halogens is 1. The van der Waals surface area contributed by atoms with Crippen molar-refractivity contribution >= 4 is 23.5 Å². The molecule has 0 saturated heterocycles.